The van der Waals surface area contributed by atoms with Gasteiger partial charge in [-0.05, 0) is 30.7 Å². The Kier molecular flexibility index (Phi) is 4.11. The molecule has 2 amide bonds. The van der Waals surface area contributed by atoms with Crippen LogP contribution in [0.4, 0.5) is 5.00 Å². The number of carbonyl (C=O) groups is 2. The van der Waals surface area contributed by atoms with Crippen molar-refractivity contribution in [3.63, 3.8) is 0 Å². The van der Waals surface area contributed by atoms with Crippen molar-refractivity contribution < 1.29 is 9.59 Å². The molecule has 1 aliphatic rings. The summed E-state index contributed by atoms with van der Waals surface area (Å²) in [5, 5.41) is 6.55. The van der Waals surface area contributed by atoms with Gasteiger partial charge in [-0.2, -0.15) is 0 Å². The molecular formula is C16H17N3O2S. The third-order valence-electron chi connectivity index (χ3n) is 3.37. The molecule has 3 heterocycles. The second kappa shape index (κ2) is 6.19. The number of hydrogen-bond donors (Lipinski definition) is 3. The minimum absolute atomic E-state index is 0.0167. The van der Waals surface area contributed by atoms with Crippen LogP contribution in [0.3, 0.4) is 0 Å². The molecule has 3 rings (SSSR count). The van der Waals surface area contributed by atoms with Gasteiger partial charge >= 0.3 is 0 Å². The fraction of sp³-hybridized carbons (Fsp3) is 0.250. The molecule has 0 saturated heterocycles. The van der Waals surface area contributed by atoms with Crippen LogP contribution in [-0.2, 0) is 16.0 Å². The van der Waals surface area contributed by atoms with E-state index in [4.69, 9.17) is 0 Å². The topological polar surface area (TPSA) is 74.0 Å². The van der Waals surface area contributed by atoms with Crippen LogP contribution in [0, 0.1) is 0 Å². The predicted octanol–water partition coefficient (Wildman–Crippen LogP) is 2.64. The Hall–Kier alpha value is -2.34. The largest absolute Gasteiger partial charge is 0.362 e. The summed E-state index contributed by atoms with van der Waals surface area (Å²) in [6, 6.07) is 5.72. The Bertz CT molecular complexity index is 729. The van der Waals surface area contributed by atoms with Crippen molar-refractivity contribution in [2.24, 2.45) is 0 Å². The zero-order valence-electron chi connectivity index (χ0n) is 12.2. The summed E-state index contributed by atoms with van der Waals surface area (Å²) in [7, 11) is 0. The number of aromatic nitrogens is 1. The van der Waals surface area contributed by atoms with Crippen LogP contribution >= 0.6 is 11.3 Å². The monoisotopic (exact) mass is 315 g/mol. The molecule has 1 aliphatic heterocycles. The van der Waals surface area contributed by atoms with Gasteiger partial charge in [-0.15, -0.1) is 11.3 Å². The third-order valence-corrected chi connectivity index (χ3v) is 4.42. The zero-order valence-corrected chi connectivity index (χ0v) is 13.0. The van der Waals surface area contributed by atoms with Crippen LogP contribution in [0.25, 0.3) is 11.6 Å². The summed E-state index contributed by atoms with van der Waals surface area (Å²) in [5.74, 6) is -0.0826. The summed E-state index contributed by atoms with van der Waals surface area (Å²) in [5.41, 5.74) is 2.39. The molecule has 22 heavy (non-hydrogen) atoms. The van der Waals surface area contributed by atoms with Crippen LogP contribution < -0.4 is 10.6 Å². The van der Waals surface area contributed by atoms with E-state index < -0.39 is 0 Å². The van der Waals surface area contributed by atoms with Crippen molar-refractivity contribution in [2.75, 3.05) is 11.9 Å². The van der Waals surface area contributed by atoms with Crippen molar-refractivity contribution >= 4 is 39.8 Å². The molecule has 114 valence electrons. The highest BCUT2D eigenvalue weighted by molar-refractivity contribution is 7.17. The Morgan fingerprint density at radius 1 is 1.45 bits per heavy atom. The molecule has 6 heteroatoms. The van der Waals surface area contributed by atoms with Gasteiger partial charge in [0.2, 0.25) is 5.91 Å². The fourth-order valence-corrected chi connectivity index (χ4v) is 3.40. The van der Waals surface area contributed by atoms with E-state index in [0.717, 1.165) is 27.6 Å². The molecular weight excluding hydrogens is 298 g/mol. The molecule has 5 nitrogen and oxygen atoms in total. The Labute approximate surface area is 132 Å². The smallest absolute Gasteiger partial charge is 0.257 e. The lowest BCUT2D eigenvalue weighted by molar-refractivity contribution is -0.120. The second-order valence-electron chi connectivity index (χ2n) is 5.12. The lowest BCUT2D eigenvalue weighted by atomic mass is 10.1. The molecule has 0 saturated carbocycles. The molecule has 0 atom stereocenters. The summed E-state index contributed by atoms with van der Waals surface area (Å²) in [4.78, 5) is 27.8. The van der Waals surface area contributed by atoms with Crippen LogP contribution in [0.5, 0.6) is 0 Å². The Morgan fingerprint density at radius 2 is 2.32 bits per heavy atom. The third kappa shape index (κ3) is 2.96. The maximum absolute atomic E-state index is 12.0. The van der Waals surface area contributed by atoms with Gasteiger partial charge in [-0.25, -0.2) is 0 Å². The lowest BCUT2D eigenvalue weighted by Gasteiger charge is -2.01. The van der Waals surface area contributed by atoms with Crippen molar-refractivity contribution in [1.82, 2.24) is 10.3 Å². The van der Waals surface area contributed by atoms with Crippen LogP contribution in [0.1, 0.15) is 29.5 Å². The summed E-state index contributed by atoms with van der Waals surface area (Å²) < 4.78 is 0. The van der Waals surface area contributed by atoms with Crippen LogP contribution in [0.15, 0.2) is 24.4 Å². The van der Waals surface area contributed by atoms with E-state index in [1.807, 2.05) is 37.4 Å². The molecule has 0 bridgehead atoms. The van der Waals surface area contributed by atoms with Gasteiger partial charge < -0.3 is 15.6 Å². The summed E-state index contributed by atoms with van der Waals surface area (Å²) in [6.07, 6.45) is 4.92. The first-order valence-corrected chi connectivity index (χ1v) is 8.05. The predicted molar refractivity (Wildman–Crippen MR) is 88.6 cm³/mol. The number of nitrogens with one attached hydrogen (secondary N) is 3. The maximum atomic E-state index is 12.0. The van der Waals surface area contributed by atoms with E-state index in [1.165, 1.54) is 11.3 Å². The van der Waals surface area contributed by atoms with Crippen molar-refractivity contribution in [2.45, 2.75) is 19.8 Å². The average molecular weight is 315 g/mol. The molecule has 2 aromatic heterocycles. The highest BCUT2D eigenvalue weighted by Gasteiger charge is 2.27. The number of carbonyl (C=O) groups excluding carboxylic acids is 2. The number of rotatable bonds is 5. The minimum atomic E-state index is -0.0992. The minimum Gasteiger partial charge on any atom is -0.362 e. The molecule has 3 N–H and O–H groups in total. The van der Waals surface area contributed by atoms with Gasteiger partial charge in [0.1, 0.15) is 5.00 Å². The van der Waals surface area contributed by atoms with E-state index in [2.05, 4.69) is 15.6 Å². The van der Waals surface area contributed by atoms with E-state index in [1.54, 1.807) is 0 Å². The number of amides is 2. The number of aromatic amines is 1. The Balaban J connectivity index is 1.80. The molecule has 0 spiro atoms. The van der Waals surface area contributed by atoms with Gasteiger partial charge in [-0.1, -0.05) is 6.92 Å². The standard InChI is InChI=1S/C16H17N3O2S/c1-2-5-18-14(20)9-11-8-13-12(7-10-4-3-6-17-10)15(21)19-16(13)22-11/h3-4,6-8,17H,2,5,9H2,1H3,(H,18,20)(H,19,21)/b12-7-. The highest BCUT2D eigenvalue weighted by atomic mass is 32.1. The number of H-pyrrole nitrogens is 1. The van der Waals surface area contributed by atoms with E-state index in [-0.39, 0.29) is 11.8 Å². The molecule has 0 aliphatic carbocycles. The Morgan fingerprint density at radius 3 is 3.05 bits per heavy atom. The van der Waals surface area contributed by atoms with E-state index >= 15 is 0 Å². The number of hydrogen-bond acceptors (Lipinski definition) is 3. The summed E-state index contributed by atoms with van der Waals surface area (Å²) >= 11 is 1.46. The first-order valence-electron chi connectivity index (χ1n) is 7.23. The van der Waals surface area contributed by atoms with Gasteiger partial charge in [0.05, 0.1) is 12.0 Å². The van der Waals surface area contributed by atoms with Crippen molar-refractivity contribution in [1.29, 1.82) is 0 Å². The lowest BCUT2D eigenvalue weighted by Crippen LogP contribution is -2.25. The molecule has 0 aromatic carbocycles. The second-order valence-corrected chi connectivity index (χ2v) is 6.26. The van der Waals surface area contributed by atoms with Gasteiger partial charge in [-0.3, -0.25) is 9.59 Å². The molecule has 0 unspecified atom stereocenters. The van der Waals surface area contributed by atoms with Gasteiger partial charge in [0.15, 0.2) is 0 Å². The summed E-state index contributed by atoms with van der Waals surface area (Å²) in [6.45, 7) is 2.71. The number of fused-ring (bicyclic) bond motifs is 1. The van der Waals surface area contributed by atoms with Gasteiger partial charge in [0, 0.05) is 28.9 Å². The van der Waals surface area contributed by atoms with Crippen LogP contribution in [0.2, 0.25) is 0 Å². The fourth-order valence-electron chi connectivity index (χ4n) is 2.33. The first-order chi connectivity index (χ1) is 10.7. The number of anilines is 1. The van der Waals surface area contributed by atoms with Gasteiger partial charge in [0.25, 0.3) is 5.91 Å². The molecule has 0 radical (unpaired) electrons. The average Bonchev–Trinajstić information content (AvgIpc) is 3.17. The SMILES string of the molecule is CCCNC(=O)Cc1cc2c(s1)NC(=O)/C2=C\c1ccc[nH]1. The van der Waals surface area contributed by atoms with E-state index in [0.29, 0.717) is 18.5 Å². The number of thiophene rings is 1. The zero-order chi connectivity index (χ0) is 15.5. The highest BCUT2D eigenvalue weighted by Crippen LogP contribution is 2.39. The molecule has 2 aromatic rings. The normalized spacial score (nSPS) is 15.0. The van der Waals surface area contributed by atoms with E-state index in [9.17, 15) is 9.59 Å². The van der Waals surface area contributed by atoms with Crippen molar-refractivity contribution in [3.8, 4) is 0 Å². The van der Waals surface area contributed by atoms with Crippen LogP contribution in [-0.4, -0.2) is 23.3 Å². The first kappa shape index (κ1) is 14.6. The van der Waals surface area contributed by atoms with Crippen molar-refractivity contribution in [3.05, 3.63) is 40.5 Å². The quantitative estimate of drug-likeness (QED) is 0.742. The molecule has 0 fully saturated rings. The maximum Gasteiger partial charge on any atom is 0.257 e.